The van der Waals surface area contributed by atoms with Gasteiger partial charge in [0, 0.05) is 25.8 Å². The van der Waals surface area contributed by atoms with E-state index in [2.05, 4.69) is 35.6 Å². The van der Waals surface area contributed by atoms with Gasteiger partial charge in [0.2, 0.25) is 0 Å². The van der Waals surface area contributed by atoms with E-state index in [0.29, 0.717) is 6.04 Å². The van der Waals surface area contributed by atoms with Gasteiger partial charge in [-0.15, -0.1) is 0 Å². The van der Waals surface area contributed by atoms with Crippen molar-refractivity contribution in [3.63, 3.8) is 0 Å². The first kappa shape index (κ1) is 11.0. The van der Waals surface area contributed by atoms with Crippen LogP contribution in [-0.2, 0) is 13.6 Å². The first-order valence-corrected chi connectivity index (χ1v) is 6.62. The fourth-order valence-electron chi connectivity index (χ4n) is 3.37. The molecule has 3 nitrogen and oxygen atoms in total. The molecule has 1 heterocycles. The summed E-state index contributed by atoms with van der Waals surface area (Å²) in [6, 6.07) is 2.68. The number of hydrogen-bond donors (Lipinski definition) is 1. The molecule has 17 heavy (non-hydrogen) atoms. The van der Waals surface area contributed by atoms with Crippen molar-refractivity contribution in [3.05, 3.63) is 30.1 Å². The maximum Gasteiger partial charge on any atom is 0.0762 e. The SMILES string of the molecule is CC(NCc1ccn(C)n1)C1CC2C=CC1C2. The zero-order valence-electron chi connectivity index (χ0n) is 10.6. The Morgan fingerprint density at radius 2 is 2.35 bits per heavy atom. The summed E-state index contributed by atoms with van der Waals surface area (Å²) in [4.78, 5) is 0. The van der Waals surface area contributed by atoms with Gasteiger partial charge in [0.25, 0.3) is 0 Å². The standard InChI is InChI=1S/C14H21N3/c1-10(14-8-11-3-4-12(14)7-11)15-9-13-5-6-17(2)16-13/h3-6,10-12,14-15H,7-9H2,1-2H3. The summed E-state index contributed by atoms with van der Waals surface area (Å²) >= 11 is 0. The molecule has 0 aromatic carbocycles. The van der Waals surface area contributed by atoms with Crippen LogP contribution >= 0.6 is 0 Å². The molecule has 0 saturated heterocycles. The van der Waals surface area contributed by atoms with Crippen LogP contribution in [-0.4, -0.2) is 15.8 Å². The lowest BCUT2D eigenvalue weighted by Gasteiger charge is -2.26. The molecule has 4 unspecified atom stereocenters. The molecule has 3 heteroatoms. The van der Waals surface area contributed by atoms with Crippen LogP contribution in [0.2, 0.25) is 0 Å². The van der Waals surface area contributed by atoms with Crippen LogP contribution in [0.25, 0.3) is 0 Å². The molecular weight excluding hydrogens is 210 g/mol. The van der Waals surface area contributed by atoms with Crippen molar-refractivity contribution in [2.45, 2.75) is 32.4 Å². The predicted octanol–water partition coefficient (Wildman–Crippen LogP) is 2.11. The predicted molar refractivity (Wildman–Crippen MR) is 68.4 cm³/mol. The van der Waals surface area contributed by atoms with E-state index in [1.807, 2.05) is 17.9 Å². The largest absolute Gasteiger partial charge is 0.308 e. The molecule has 1 saturated carbocycles. The Labute approximate surface area is 103 Å². The summed E-state index contributed by atoms with van der Waals surface area (Å²) in [5.41, 5.74) is 1.14. The van der Waals surface area contributed by atoms with Gasteiger partial charge in [-0.2, -0.15) is 5.10 Å². The fourth-order valence-corrected chi connectivity index (χ4v) is 3.37. The summed E-state index contributed by atoms with van der Waals surface area (Å²) < 4.78 is 1.86. The average molecular weight is 231 g/mol. The topological polar surface area (TPSA) is 29.9 Å². The average Bonchev–Trinajstić information content (AvgIpc) is 3.01. The first-order valence-electron chi connectivity index (χ1n) is 6.62. The van der Waals surface area contributed by atoms with Crippen molar-refractivity contribution in [1.29, 1.82) is 0 Å². The highest BCUT2D eigenvalue weighted by molar-refractivity contribution is 5.11. The lowest BCUT2D eigenvalue weighted by Crippen LogP contribution is -2.35. The zero-order valence-corrected chi connectivity index (χ0v) is 10.6. The van der Waals surface area contributed by atoms with Gasteiger partial charge in [-0.05, 0) is 43.6 Å². The van der Waals surface area contributed by atoms with Gasteiger partial charge >= 0.3 is 0 Å². The van der Waals surface area contributed by atoms with Crippen LogP contribution in [0.4, 0.5) is 0 Å². The third kappa shape index (κ3) is 2.16. The molecule has 2 bridgehead atoms. The molecule has 0 spiro atoms. The summed E-state index contributed by atoms with van der Waals surface area (Å²) in [5.74, 6) is 2.52. The molecule has 1 N–H and O–H groups in total. The van der Waals surface area contributed by atoms with E-state index in [4.69, 9.17) is 0 Å². The second kappa shape index (κ2) is 4.30. The number of rotatable bonds is 4. The molecule has 1 aromatic rings. The summed E-state index contributed by atoms with van der Waals surface area (Å²) in [6.07, 6.45) is 9.60. The van der Waals surface area contributed by atoms with Crippen LogP contribution < -0.4 is 5.32 Å². The van der Waals surface area contributed by atoms with E-state index in [-0.39, 0.29) is 0 Å². The number of allylic oxidation sites excluding steroid dienone is 2. The van der Waals surface area contributed by atoms with E-state index >= 15 is 0 Å². The van der Waals surface area contributed by atoms with Crippen LogP contribution in [0.1, 0.15) is 25.5 Å². The van der Waals surface area contributed by atoms with Crippen molar-refractivity contribution in [1.82, 2.24) is 15.1 Å². The molecule has 92 valence electrons. The van der Waals surface area contributed by atoms with E-state index in [1.54, 1.807) is 0 Å². The number of nitrogens with one attached hydrogen (secondary N) is 1. The third-order valence-electron chi connectivity index (χ3n) is 4.35. The Morgan fingerprint density at radius 1 is 1.47 bits per heavy atom. The minimum Gasteiger partial charge on any atom is -0.308 e. The second-order valence-electron chi connectivity index (χ2n) is 5.59. The van der Waals surface area contributed by atoms with Gasteiger partial charge in [-0.25, -0.2) is 0 Å². The fraction of sp³-hybridized carbons (Fsp3) is 0.643. The van der Waals surface area contributed by atoms with Crippen molar-refractivity contribution >= 4 is 0 Å². The molecule has 0 aliphatic heterocycles. The summed E-state index contributed by atoms with van der Waals surface area (Å²) in [6.45, 7) is 3.21. The number of hydrogen-bond acceptors (Lipinski definition) is 2. The van der Waals surface area contributed by atoms with Gasteiger partial charge in [0.15, 0.2) is 0 Å². The number of nitrogens with zero attached hydrogens (tertiary/aromatic N) is 2. The molecule has 0 amide bonds. The molecule has 3 rings (SSSR count). The Morgan fingerprint density at radius 3 is 2.94 bits per heavy atom. The molecule has 1 fully saturated rings. The Bertz CT molecular complexity index is 421. The van der Waals surface area contributed by atoms with Gasteiger partial charge in [0.1, 0.15) is 0 Å². The smallest absolute Gasteiger partial charge is 0.0762 e. The molecule has 0 radical (unpaired) electrons. The highest BCUT2D eigenvalue weighted by Gasteiger charge is 2.38. The van der Waals surface area contributed by atoms with E-state index in [9.17, 15) is 0 Å². The van der Waals surface area contributed by atoms with Gasteiger partial charge in [0.05, 0.1) is 5.69 Å². The zero-order chi connectivity index (χ0) is 11.8. The molecule has 2 aliphatic carbocycles. The molecule has 1 aromatic heterocycles. The van der Waals surface area contributed by atoms with Crippen molar-refractivity contribution in [2.24, 2.45) is 24.8 Å². The molecular formula is C14H21N3. The maximum absolute atomic E-state index is 4.40. The highest BCUT2D eigenvalue weighted by atomic mass is 15.3. The molecule has 2 aliphatic rings. The Balaban J connectivity index is 1.54. The highest BCUT2D eigenvalue weighted by Crippen LogP contribution is 2.44. The number of aromatic nitrogens is 2. The van der Waals surface area contributed by atoms with E-state index in [0.717, 1.165) is 30.0 Å². The quantitative estimate of drug-likeness (QED) is 0.804. The van der Waals surface area contributed by atoms with Crippen LogP contribution in [0.3, 0.4) is 0 Å². The monoisotopic (exact) mass is 231 g/mol. The van der Waals surface area contributed by atoms with E-state index in [1.165, 1.54) is 12.8 Å². The van der Waals surface area contributed by atoms with Crippen LogP contribution in [0.15, 0.2) is 24.4 Å². The van der Waals surface area contributed by atoms with Crippen LogP contribution in [0.5, 0.6) is 0 Å². The minimum absolute atomic E-state index is 0.594. The van der Waals surface area contributed by atoms with Gasteiger partial charge < -0.3 is 5.32 Å². The van der Waals surface area contributed by atoms with Crippen LogP contribution in [0, 0.1) is 17.8 Å². The maximum atomic E-state index is 4.40. The Kier molecular flexibility index (Phi) is 2.79. The van der Waals surface area contributed by atoms with Crippen molar-refractivity contribution in [2.75, 3.05) is 0 Å². The normalized spacial score (nSPS) is 32.2. The van der Waals surface area contributed by atoms with Crippen molar-refractivity contribution < 1.29 is 0 Å². The van der Waals surface area contributed by atoms with Gasteiger partial charge in [-0.1, -0.05) is 12.2 Å². The number of aryl methyl sites for hydroxylation is 1. The second-order valence-corrected chi connectivity index (χ2v) is 5.59. The minimum atomic E-state index is 0.594. The molecule has 4 atom stereocenters. The Hall–Kier alpha value is -1.09. The summed E-state index contributed by atoms with van der Waals surface area (Å²) in [5, 5.41) is 8.03. The summed E-state index contributed by atoms with van der Waals surface area (Å²) in [7, 11) is 1.97. The van der Waals surface area contributed by atoms with Gasteiger partial charge in [-0.3, -0.25) is 4.68 Å². The lowest BCUT2D eigenvalue weighted by atomic mass is 9.87. The lowest BCUT2D eigenvalue weighted by molar-refractivity contribution is 0.325. The van der Waals surface area contributed by atoms with E-state index < -0.39 is 0 Å². The first-order chi connectivity index (χ1) is 8.22. The van der Waals surface area contributed by atoms with Crippen molar-refractivity contribution in [3.8, 4) is 0 Å². The number of fused-ring (bicyclic) bond motifs is 2. The third-order valence-corrected chi connectivity index (χ3v) is 4.35.